The van der Waals surface area contributed by atoms with Crippen molar-refractivity contribution in [2.45, 2.75) is 101 Å². The Bertz CT molecular complexity index is 1080. The second kappa shape index (κ2) is 7.38. The third-order valence-electron chi connectivity index (χ3n) is 10.6. The monoisotopic (exact) mass is 490 g/mol. The summed E-state index contributed by atoms with van der Waals surface area (Å²) >= 11 is 0. The van der Waals surface area contributed by atoms with Gasteiger partial charge in [0.1, 0.15) is 6.10 Å². The van der Waals surface area contributed by atoms with Gasteiger partial charge in [-0.2, -0.15) is 0 Å². The van der Waals surface area contributed by atoms with Crippen LogP contribution in [0.15, 0.2) is 27.6 Å². The number of aliphatic hydroxyl groups is 4. The molecule has 0 radical (unpaired) electrons. The van der Waals surface area contributed by atoms with Crippen molar-refractivity contribution in [2.24, 2.45) is 22.7 Å². The number of ether oxygens (including phenoxy) is 2. The average molecular weight is 491 g/mol. The molecule has 9 nitrogen and oxygen atoms in total. The number of aliphatic hydroxyl groups excluding tert-OH is 2. The second-order valence-corrected chi connectivity index (χ2v) is 11.9. The molecule has 0 bridgehead atoms. The minimum Gasteiger partial charge on any atom is -0.462 e. The molecule has 4 saturated carbocycles. The summed E-state index contributed by atoms with van der Waals surface area (Å²) in [5.74, 6) is -1.38. The Kier molecular flexibility index (Phi) is 4.98. The van der Waals surface area contributed by atoms with Crippen molar-refractivity contribution in [1.82, 2.24) is 0 Å². The van der Waals surface area contributed by atoms with Crippen LogP contribution in [0.1, 0.15) is 70.3 Å². The van der Waals surface area contributed by atoms with E-state index in [4.69, 9.17) is 13.9 Å². The van der Waals surface area contributed by atoms with Gasteiger partial charge in [0.05, 0.1) is 35.1 Å². The molecular formula is C26H34O9. The number of esters is 1. The van der Waals surface area contributed by atoms with Crippen molar-refractivity contribution in [3.8, 4) is 0 Å². The van der Waals surface area contributed by atoms with Crippen LogP contribution in [-0.4, -0.2) is 62.2 Å². The highest BCUT2D eigenvalue weighted by atomic mass is 16.6. The molecule has 6 rings (SSSR count). The second-order valence-electron chi connectivity index (χ2n) is 11.9. The highest BCUT2D eigenvalue weighted by Gasteiger charge is 2.81. The Balaban J connectivity index is 1.46. The number of hydrogen-bond donors (Lipinski definition) is 4. The third kappa shape index (κ3) is 2.82. The van der Waals surface area contributed by atoms with E-state index in [0.29, 0.717) is 25.7 Å². The van der Waals surface area contributed by atoms with Crippen LogP contribution < -0.4 is 5.63 Å². The molecule has 0 unspecified atom stereocenters. The molecule has 4 aliphatic carbocycles. The van der Waals surface area contributed by atoms with Crippen LogP contribution >= 0.6 is 0 Å². The van der Waals surface area contributed by atoms with E-state index in [9.17, 15) is 30.0 Å². The van der Waals surface area contributed by atoms with Crippen LogP contribution in [0.5, 0.6) is 0 Å². The summed E-state index contributed by atoms with van der Waals surface area (Å²) < 4.78 is 17.0. The first kappa shape index (κ1) is 23.6. The van der Waals surface area contributed by atoms with Crippen LogP contribution in [-0.2, 0) is 14.3 Å². The van der Waals surface area contributed by atoms with Gasteiger partial charge in [0.2, 0.25) is 0 Å². The summed E-state index contributed by atoms with van der Waals surface area (Å²) in [5.41, 5.74) is -4.15. The molecular weight excluding hydrogens is 456 g/mol. The van der Waals surface area contributed by atoms with Gasteiger partial charge in [0.25, 0.3) is 0 Å². The molecule has 1 aromatic rings. The van der Waals surface area contributed by atoms with E-state index in [1.165, 1.54) is 19.3 Å². The van der Waals surface area contributed by atoms with Crippen molar-refractivity contribution >= 4 is 5.97 Å². The van der Waals surface area contributed by atoms with Crippen molar-refractivity contribution in [3.05, 3.63) is 34.4 Å². The highest BCUT2D eigenvalue weighted by molar-refractivity contribution is 5.66. The van der Waals surface area contributed by atoms with Crippen molar-refractivity contribution in [3.63, 3.8) is 0 Å². The lowest BCUT2D eigenvalue weighted by Crippen LogP contribution is -2.74. The molecule has 2 heterocycles. The van der Waals surface area contributed by atoms with Crippen LogP contribution in [0.4, 0.5) is 0 Å². The smallest absolute Gasteiger partial charge is 0.335 e. The van der Waals surface area contributed by atoms with Crippen LogP contribution in [0.3, 0.4) is 0 Å². The average Bonchev–Trinajstić information content (AvgIpc) is 3.21. The molecule has 4 N–H and O–H groups in total. The van der Waals surface area contributed by atoms with E-state index in [2.05, 4.69) is 0 Å². The van der Waals surface area contributed by atoms with E-state index in [0.717, 1.165) is 5.56 Å². The first-order chi connectivity index (χ1) is 16.5. The first-order valence-corrected chi connectivity index (χ1v) is 12.7. The molecule has 5 fully saturated rings. The van der Waals surface area contributed by atoms with Gasteiger partial charge < -0.3 is 34.3 Å². The van der Waals surface area contributed by atoms with Gasteiger partial charge in [0.15, 0.2) is 6.29 Å². The van der Waals surface area contributed by atoms with E-state index < -0.39 is 64.1 Å². The molecule has 1 saturated heterocycles. The number of carbonyl (C=O) groups is 1. The summed E-state index contributed by atoms with van der Waals surface area (Å²) in [6, 6.07) is 3.15. The van der Waals surface area contributed by atoms with Gasteiger partial charge >= 0.3 is 11.6 Å². The van der Waals surface area contributed by atoms with Crippen LogP contribution in [0.25, 0.3) is 0 Å². The molecule has 5 aliphatic rings. The van der Waals surface area contributed by atoms with Crippen molar-refractivity contribution < 1.29 is 39.1 Å². The molecule has 192 valence electrons. The lowest BCUT2D eigenvalue weighted by molar-refractivity contribution is -0.304. The SMILES string of the molecule is CC(=O)O[C@@H]1C[C@H](O)C[C@@]2(O)CC[C@@H]3[C@H]4[C@@H](C[C@]5(C)[C@H](c6ccc(=O)oc6)CC[C@]35O)O[C@H](O)[C@]412. The molecule has 0 aromatic carbocycles. The maximum absolute atomic E-state index is 12.4. The number of rotatable bonds is 2. The number of carbonyl (C=O) groups excluding carboxylic acids is 1. The van der Waals surface area contributed by atoms with Gasteiger partial charge in [0, 0.05) is 37.2 Å². The Morgan fingerprint density at radius 1 is 1.14 bits per heavy atom. The number of fused-ring (bicyclic) bond motifs is 2. The lowest BCUT2D eigenvalue weighted by atomic mass is 9.41. The van der Waals surface area contributed by atoms with Gasteiger partial charge in [-0.25, -0.2) is 4.79 Å². The van der Waals surface area contributed by atoms with E-state index in [-0.39, 0.29) is 31.1 Å². The summed E-state index contributed by atoms with van der Waals surface area (Å²) in [6.07, 6.45) is 0.333. The molecule has 1 aromatic heterocycles. The lowest BCUT2D eigenvalue weighted by Gasteiger charge is -2.66. The van der Waals surface area contributed by atoms with Gasteiger partial charge in [-0.15, -0.1) is 0 Å². The quantitative estimate of drug-likeness (QED) is 0.449. The summed E-state index contributed by atoms with van der Waals surface area (Å²) in [4.78, 5) is 23.6. The standard InChI is InChI=1S/C26H34O9/c1-13(27)34-19-9-15(28)10-24(31)7-5-17-21-18(35-22(30)26(19,21)24)11-23(2)16(6-8-25(17,23)32)14-3-4-20(29)33-12-14/h3-4,12,15-19,21-22,28,30-32H,5-11H2,1-2H3/t15-,16-,17+,18+,19+,21-,22-,23+,24-,25-,26+/m0/s1. The Labute approximate surface area is 203 Å². The fourth-order valence-corrected chi connectivity index (χ4v) is 9.40. The minimum atomic E-state index is -1.49. The zero-order valence-corrected chi connectivity index (χ0v) is 20.1. The predicted octanol–water partition coefficient (Wildman–Crippen LogP) is 1.21. The van der Waals surface area contributed by atoms with E-state index in [1.54, 1.807) is 6.07 Å². The summed E-state index contributed by atoms with van der Waals surface area (Å²) in [5, 5.41) is 46.4. The fourth-order valence-electron chi connectivity index (χ4n) is 9.40. The fraction of sp³-hybridized carbons (Fsp3) is 0.769. The summed E-state index contributed by atoms with van der Waals surface area (Å²) in [6.45, 7) is 3.32. The zero-order valence-electron chi connectivity index (χ0n) is 20.1. The van der Waals surface area contributed by atoms with Crippen LogP contribution in [0.2, 0.25) is 0 Å². The molecule has 0 amide bonds. The minimum absolute atomic E-state index is 0.0580. The van der Waals surface area contributed by atoms with Crippen molar-refractivity contribution in [2.75, 3.05) is 0 Å². The van der Waals surface area contributed by atoms with Gasteiger partial charge in [-0.05, 0) is 55.6 Å². The Hall–Kier alpha value is -1.78. The molecule has 1 spiro atoms. The van der Waals surface area contributed by atoms with E-state index in [1.807, 2.05) is 6.92 Å². The molecule has 11 atom stereocenters. The Morgan fingerprint density at radius 2 is 1.91 bits per heavy atom. The predicted molar refractivity (Wildman–Crippen MR) is 120 cm³/mol. The van der Waals surface area contributed by atoms with Crippen molar-refractivity contribution in [1.29, 1.82) is 0 Å². The Morgan fingerprint density at radius 3 is 2.60 bits per heavy atom. The molecule has 35 heavy (non-hydrogen) atoms. The first-order valence-electron chi connectivity index (χ1n) is 12.7. The largest absolute Gasteiger partial charge is 0.462 e. The number of hydrogen-bond acceptors (Lipinski definition) is 9. The third-order valence-corrected chi connectivity index (χ3v) is 10.6. The normalized spacial score (nSPS) is 52.3. The van der Waals surface area contributed by atoms with Gasteiger partial charge in [-0.3, -0.25) is 4.79 Å². The zero-order chi connectivity index (χ0) is 25.0. The maximum Gasteiger partial charge on any atom is 0.335 e. The topological polar surface area (TPSA) is 147 Å². The van der Waals surface area contributed by atoms with Gasteiger partial charge in [-0.1, -0.05) is 6.92 Å². The van der Waals surface area contributed by atoms with Crippen LogP contribution in [0, 0.1) is 22.7 Å². The molecule has 9 heteroatoms. The summed E-state index contributed by atoms with van der Waals surface area (Å²) in [7, 11) is 0. The molecule has 1 aliphatic heterocycles. The maximum atomic E-state index is 12.4. The van der Waals surface area contributed by atoms with E-state index >= 15 is 0 Å². The highest BCUT2D eigenvalue weighted by Crippen LogP contribution is 2.74.